The van der Waals surface area contributed by atoms with Crippen molar-refractivity contribution in [3.05, 3.63) is 60.0 Å². The monoisotopic (exact) mass is 458 g/mol. The maximum absolute atomic E-state index is 12.3. The molecule has 0 aliphatic carbocycles. The summed E-state index contributed by atoms with van der Waals surface area (Å²) in [5, 5.41) is 4.56. The molecule has 176 valence electrons. The van der Waals surface area contributed by atoms with E-state index in [0.717, 1.165) is 35.1 Å². The summed E-state index contributed by atoms with van der Waals surface area (Å²) in [6.45, 7) is 7.65. The Labute approximate surface area is 198 Å². The van der Waals surface area contributed by atoms with Crippen LogP contribution in [0, 0.1) is 0 Å². The van der Waals surface area contributed by atoms with E-state index in [1.807, 2.05) is 39.1 Å². The number of likely N-dealkylation sites (tertiary alicyclic amines) is 1. The van der Waals surface area contributed by atoms with Gasteiger partial charge in [0.15, 0.2) is 5.65 Å². The molecule has 0 spiro atoms. The molecular formula is C26H30N6O2. The van der Waals surface area contributed by atoms with Gasteiger partial charge in [0.2, 0.25) is 0 Å². The third-order valence-corrected chi connectivity index (χ3v) is 6.09. The molecule has 1 aromatic carbocycles. The molecule has 1 aliphatic rings. The van der Waals surface area contributed by atoms with Crippen molar-refractivity contribution in [1.82, 2.24) is 24.8 Å². The standard InChI is InChI=1S/C26H30N6O2/c1-26(2,3)34-25(33)32-12-9-19(10-13-32)20-6-7-21-24(30-20)31-23(16-28-21)29-15-17-4-5-18-8-11-27-22(18)14-17/h4-8,11,14,16,19,27H,9-10,12-13,15H2,1-3H3,(H,29,30,31). The molecule has 0 unspecified atom stereocenters. The van der Waals surface area contributed by atoms with Gasteiger partial charge < -0.3 is 19.9 Å². The second kappa shape index (κ2) is 8.93. The first kappa shape index (κ1) is 22.1. The fraction of sp³-hybridized carbons (Fsp3) is 0.385. The molecular weight excluding hydrogens is 428 g/mol. The predicted molar refractivity (Wildman–Crippen MR) is 133 cm³/mol. The smallest absolute Gasteiger partial charge is 0.410 e. The molecule has 5 rings (SSSR count). The Hall–Kier alpha value is -3.68. The van der Waals surface area contributed by atoms with Gasteiger partial charge in [-0.3, -0.25) is 0 Å². The molecule has 8 heteroatoms. The van der Waals surface area contributed by atoms with Gasteiger partial charge >= 0.3 is 6.09 Å². The maximum atomic E-state index is 12.3. The lowest BCUT2D eigenvalue weighted by Crippen LogP contribution is -2.41. The van der Waals surface area contributed by atoms with Crippen LogP contribution >= 0.6 is 0 Å². The van der Waals surface area contributed by atoms with Crippen molar-refractivity contribution >= 4 is 34.0 Å². The van der Waals surface area contributed by atoms with E-state index in [1.165, 1.54) is 5.39 Å². The highest BCUT2D eigenvalue weighted by Crippen LogP contribution is 2.28. The number of carbonyl (C=O) groups is 1. The summed E-state index contributed by atoms with van der Waals surface area (Å²) in [5.74, 6) is 0.984. The third-order valence-electron chi connectivity index (χ3n) is 6.09. The van der Waals surface area contributed by atoms with Gasteiger partial charge in [-0.2, -0.15) is 0 Å². The highest BCUT2D eigenvalue weighted by Gasteiger charge is 2.28. The molecule has 2 N–H and O–H groups in total. The first-order valence-corrected chi connectivity index (χ1v) is 11.8. The van der Waals surface area contributed by atoms with Gasteiger partial charge in [0.25, 0.3) is 0 Å². The van der Waals surface area contributed by atoms with Crippen molar-refractivity contribution in [2.24, 2.45) is 0 Å². The number of aromatic amines is 1. The van der Waals surface area contributed by atoms with E-state index in [1.54, 1.807) is 11.1 Å². The van der Waals surface area contributed by atoms with Crippen molar-refractivity contribution in [2.75, 3.05) is 18.4 Å². The second-order valence-electron chi connectivity index (χ2n) is 9.83. The molecule has 4 aromatic rings. The van der Waals surface area contributed by atoms with E-state index < -0.39 is 5.60 Å². The lowest BCUT2D eigenvalue weighted by atomic mass is 9.93. The van der Waals surface area contributed by atoms with Gasteiger partial charge in [-0.25, -0.2) is 19.7 Å². The summed E-state index contributed by atoms with van der Waals surface area (Å²) >= 11 is 0. The SMILES string of the molecule is CC(C)(C)OC(=O)N1CCC(c2ccc3ncc(NCc4ccc5cc[nH]c5c4)nc3n2)CC1. The van der Waals surface area contributed by atoms with Crippen LogP contribution in [0.2, 0.25) is 0 Å². The quantitative estimate of drug-likeness (QED) is 0.435. The lowest BCUT2D eigenvalue weighted by Gasteiger charge is -2.33. The summed E-state index contributed by atoms with van der Waals surface area (Å²) in [6.07, 6.45) is 5.15. The number of carbonyl (C=O) groups excluding carboxylic acids is 1. The van der Waals surface area contributed by atoms with E-state index in [4.69, 9.17) is 14.7 Å². The van der Waals surface area contributed by atoms with Crippen LogP contribution in [0.5, 0.6) is 0 Å². The van der Waals surface area contributed by atoms with Gasteiger partial charge in [0.05, 0.1) is 6.20 Å². The minimum atomic E-state index is -0.479. The van der Waals surface area contributed by atoms with Gasteiger partial charge in [-0.15, -0.1) is 0 Å². The molecule has 1 saturated heterocycles. The summed E-state index contributed by atoms with van der Waals surface area (Å²) in [7, 11) is 0. The van der Waals surface area contributed by atoms with Crippen molar-refractivity contribution in [3.8, 4) is 0 Å². The van der Waals surface area contributed by atoms with Crippen molar-refractivity contribution in [1.29, 1.82) is 0 Å². The summed E-state index contributed by atoms with van der Waals surface area (Å²) in [4.78, 5) is 31.4. The number of nitrogens with one attached hydrogen (secondary N) is 2. The van der Waals surface area contributed by atoms with E-state index >= 15 is 0 Å². The summed E-state index contributed by atoms with van der Waals surface area (Å²) in [6, 6.07) is 12.4. The molecule has 1 amide bonds. The van der Waals surface area contributed by atoms with E-state index in [2.05, 4.69) is 39.6 Å². The Morgan fingerprint density at radius 1 is 1.15 bits per heavy atom. The number of aromatic nitrogens is 4. The Balaban J connectivity index is 1.24. The first-order chi connectivity index (χ1) is 16.3. The van der Waals surface area contributed by atoms with Gasteiger partial charge in [-0.05, 0) is 68.8 Å². The fourth-order valence-electron chi connectivity index (χ4n) is 4.31. The number of benzene rings is 1. The summed E-state index contributed by atoms with van der Waals surface area (Å²) < 4.78 is 5.51. The number of hydrogen-bond acceptors (Lipinski definition) is 6. The van der Waals surface area contributed by atoms with Crippen molar-refractivity contribution < 1.29 is 9.53 Å². The molecule has 4 heterocycles. The number of anilines is 1. The average Bonchev–Trinajstić information content (AvgIpc) is 3.29. The number of pyridine rings is 1. The maximum Gasteiger partial charge on any atom is 0.410 e. The zero-order valence-electron chi connectivity index (χ0n) is 19.8. The number of nitrogens with zero attached hydrogens (tertiary/aromatic N) is 4. The highest BCUT2D eigenvalue weighted by atomic mass is 16.6. The van der Waals surface area contributed by atoms with Crippen molar-refractivity contribution in [2.45, 2.75) is 51.7 Å². The van der Waals surface area contributed by atoms with E-state index in [9.17, 15) is 4.79 Å². The normalized spacial score (nSPS) is 15.1. The van der Waals surface area contributed by atoms with Crippen molar-refractivity contribution in [3.63, 3.8) is 0 Å². The lowest BCUT2D eigenvalue weighted by molar-refractivity contribution is 0.0204. The predicted octanol–water partition coefficient (Wildman–Crippen LogP) is 5.23. The zero-order chi connectivity index (χ0) is 23.7. The van der Waals surface area contributed by atoms with Gasteiger partial charge in [0, 0.05) is 43.0 Å². The molecule has 1 aliphatic heterocycles. The van der Waals surface area contributed by atoms with Crippen LogP contribution < -0.4 is 5.32 Å². The molecule has 8 nitrogen and oxygen atoms in total. The molecule has 3 aromatic heterocycles. The molecule has 34 heavy (non-hydrogen) atoms. The third kappa shape index (κ3) is 4.95. The number of ether oxygens (including phenoxy) is 1. The Morgan fingerprint density at radius 3 is 2.76 bits per heavy atom. The number of fused-ring (bicyclic) bond motifs is 2. The molecule has 0 atom stereocenters. The number of rotatable bonds is 4. The first-order valence-electron chi connectivity index (χ1n) is 11.8. The summed E-state index contributed by atoms with van der Waals surface area (Å²) in [5.41, 5.74) is 4.21. The van der Waals surface area contributed by atoms with E-state index in [0.29, 0.717) is 31.1 Å². The number of amides is 1. The van der Waals surface area contributed by atoms with Crippen LogP contribution in [-0.4, -0.2) is 49.6 Å². The topological polar surface area (TPSA) is 96.0 Å². The van der Waals surface area contributed by atoms with Crippen LogP contribution in [0.4, 0.5) is 10.6 Å². The van der Waals surface area contributed by atoms with Crippen LogP contribution in [0.25, 0.3) is 22.1 Å². The average molecular weight is 459 g/mol. The Kier molecular flexibility index (Phi) is 5.81. The number of hydrogen-bond donors (Lipinski definition) is 2. The van der Waals surface area contributed by atoms with Crippen LogP contribution in [0.3, 0.4) is 0 Å². The number of H-pyrrole nitrogens is 1. The number of piperidine rings is 1. The largest absolute Gasteiger partial charge is 0.444 e. The van der Waals surface area contributed by atoms with Gasteiger partial charge in [-0.1, -0.05) is 12.1 Å². The minimum absolute atomic E-state index is 0.241. The van der Waals surface area contributed by atoms with Gasteiger partial charge in [0.1, 0.15) is 16.9 Å². The minimum Gasteiger partial charge on any atom is -0.444 e. The molecule has 0 saturated carbocycles. The van der Waals surface area contributed by atoms with Crippen LogP contribution in [0.1, 0.15) is 50.8 Å². The fourth-order valence-corrected chi connectivity index (χ4v) is 4.31. The zero-order valence-corrected chi connectivity index (χ0v) is 19.8. The van der Waals surface area contributed by atoms with Crippen LogP contribution in [-0.2, 0) is 11.3 Å². The van der Waals surface area contributed by atoms with E-state index in [-0.39, 0.29) is 12.0 Å². The highest BCUT2D eigenvalue weighted by molar-refractivity contribution is 5.80. The second-order valence-corrected chi connectivity index (χ2v) is 9.83. The molecule has 0 bridgehead atoms. The Bertz CT molecular complexity index is 1320. The molecule has 1 fully saturated rings. The molecule has 0 radical (unpaired) electrons. The van der Waals surface area contributed by atoms with Crippen LogP contribution in [0.15, 0.2) is 48.8 Å². The Morgan fingerprint density at radius 2 is 1.97 bits per heavy atom.